The van der Waals surface area contributed by atoms with Gasteiger partial charge in [-0.2, -0.15) is 5.10 Å². The van der Waals surface area contributed by atoms with Crippen LogP contribution < -0.4 is 5.43 Å². The summed E-state index contributed by atoms with van der Waals surface area (Å²) in [6.07, 6.45) is 0. The van der Waals surface area contributed by atoms with E-state index in [1.165, 1.54) is 0 Å². The number of Topliss-reactive ketones (excluding diaryl/α,β-unsaturated/α-hetero) is 1. The Labute approximate surface area is 118 Å². The number of carbonyl (C=O) groups excluding carboxylic acids is 1. The van der Waals surface area contributed by atoms with Gasteiger partial charge in [-0.3, -0.25) is 10.2 Å². The fraction of sp³-hybridized carbons (Fsp3) is 0.357. The van der Waals surface area contributed by atoms with E-state index in [0.29, 0.717) is 10.8 Å². The Morgan fingerprint density at radius 1 is 1.32 bits per heavy atom. The van der Waals surface area contributed by atoms with Gasteiger partial charge in [0.05, 0.1) is 5.41 Å². The Morgan fingerprint density at radius 2 is 1.95 bits per heavy atom. The first-order valence-electron chi connectivity index (χ1n) is 6.05. The van der Waals surface area contributed by atoms with Crippen LogP contribution in [-0.2, 0) is 10.2 Å². The normalized spacial score (nSPS) is 18.3. The van der Waals surface area contributed by atoms with Crippen LogP contribution in [0.3, 0.4) is 0 Å². The topological polar surface area (TPSA) is 44.7 Å². The molecule has 19 heavy (non-hydrogen) atoms. The Balaban J connectivity index is 2.40. The average Bonchev–Trinajstić information content (AvgIpc) is 2.56. The maximum absolute atomic E-state index is 12.4. The number of hydrogen-bond acceptors (Lipinski definition) is 3. The zero-order valence-electron chi connectivity index (χ0n) is 11.5. The third kappa shape index (κ3) is 2.26. The van der Waals surface area contributed by atoms with E-state index in [-0.39, 0.29) is 5.78 Å². The summed E-state index contributed by atoms with van der Waals surface area (Å²) in [5.74, 6) is 0.0164. The number of nitrogens with one attached hydrogen (secondary N) is 1. The molecule has 0 aromatic heterocycles. The number of nitrogens with zero attached hydrogens (tertiary/aromatic N) is 2. The van der Waals surface area contributed by atoms with Crippen LogP contribution in [0.15, 0.2) is 29.4 Å². The van der Waals surface area contributed by atoms with Crippen LogP contribution in [-0.4, -0.2) is 35.6 Å². The molecular weight excluding hydrogens is 258 g/mol. The summed E-state index contributed by atoms with van der Waals surface area (Å²) in [5.41, 5.74) is 4.57. The lowest BCUT2D eigenvalue weighted by atomic mass is 9.86. The van der Waals surface area contributed by atoms with Crippen LogP contribution in [0.4, 0.5) is 0 Å². The van der Waals surface area contributed by atoms with Gasteiger partial charge in [0.15, 0.2) is 10.9 Å². The lowest BCUT2D eigenvalue weighted by Crippen LogP contribution is -2.33. The number of fused-ring (bicyclic) bond motifs is 1. The number of carbonyl (C=O) groups is 1. The summed E-state index contributed by atoms with van der Waals surface area (Å²) in [4.78, 5) is 14.2. The third-order valence-corrected chi connectivity index (χ3v) is 3.76. The Morgan fingerprint density at radius 3 is 2.58 bits per heavy atom. The predicted octanol–water partition coefficient (Wildman–Crippen LogP) is 1.69. The van der Waals surface area contributed by atoms with Crippen molar-refractivity contribution >= 4 is 28.8 Å². The molecule has 2 rings (SSSR count). The van der Waals surface area contributed by atoms with Gasteiger partial charge in [0.2, 0.25) is 0 Å². The number of hydrogen-bond donors (Lipinski definition) is 1. The van der Waals surface area contributed by atoms with Crippen molar-refractivity contribution in [2.75, 3.05) is 14.1 Å². The number of rotatable bonds is 1. The van der Waals surface area contributed by atoms with E-state index in [1.807, 2.05) is 52.2 Å². The molecule has 0 spiro atoms. The Kier molecular flexibility index (Phi) is 3.41. The molecule has 1 aromatic carbocycles. The Hall–Kier alpha value is -1.75. The molecule has 0 heterocycles. The van der Waals surface area contributed by atoms with Gasteiger partial charge < -0.3 is 4.90 Å². The van der Waals surface area contributed by atoms with Gasteiger partial charge in [-0.25, -0.2) is 0 Å². The van der Waals surface area contributed by atoms with Gasteiger partial charge >= 0.3 is 0 Å². The minimum atomic E-state index is -0.531. The second-order valence-corrected chi connectivity index (χ2v) is 5.66. The molecule has 0 bridgehead atoms. The van der Waals surface area contributed by atoms with E-state index in [9.17, 15) is 4.79 Å². The minimum Gasteiger partial charge on any atom is -0.354 e. The molecule has 100 valence electrons. The first-order chi connectivity index (χ1) is 8.85. The van der Waals surface area contributed by atoms with E-state index in [2.05, 4.69) is 10.5 Å². The first-order valence-corrected chi connectivity index (χ1v) is 6.46. The zero-order chi connectivity index (χ0) is 14.2. The molecule has 1 aliphatic rings. The highest BCUT2D eigenvalue weighted by atomic mass is 32.1. The maximum Gasteiger partial charge on any atom is 0.193 e. The molecule has 0 fully saturated rings. The zero-order valence-corrected chi connectivity index (χ0v) is 12.3. The molecule has 0 saturated carbocycles. The van der Waals surface area contributed by atoms with E-state index >= 15 is 0 Å². The molecule has 0 saturated heterocycles. The second-order valence-electron chi connectivity index (χ2n) is 5.27. The summed E-state index contributed by atoms with van der Waals surface area (Å²) in [6.45, 7) is 3.84. The molecule has 0 atom stereocenters. The van der Waals surface area contributed by atoms with Crippen LogP contribution in [0.5, 0.6) is 0 Å². The smallest absolute Gasteiger partial charge is 0.193 e. The summed E-state index contributed by atoms with van der Waals surface area (Å²) < 4.78 is 0. The lowest BCUT2D eigenvalue weighted by Gasteiger charge is -2.15. The number of hydrazone groups is 1. The molecule has 0 unspecified atom stereocenters. The minimum absolute atomic E-state index is 0.0164. The number of benzene rings is 1. The fourth-order valence-corrected chi connectivity index (χ4v) is 2.14. The van der Waals surface area contributed by atoms with Crippen molar-refractivity contribution in [3.05, 3.63) is 35.4 Å². The largest absolute Gasteiger partial charge is 0.354 e. The van der Waals surface area contributed by atoms with Gasteiger partial charge in [-0.1, -0.05) is 24.3 Å². The lowest BCUT2D eigenvalue weighted by molar-refractivity contribution is -0.116. The highest BCUT2D eigenvalue weighted by Crippen LogP contribution is 2.35. The van der Waals surface area contributed by atoms with Gasteiger partial charge in [0.25, 0.3) is 0 Å². The van der Waals surface area contributed by atoms with Crippen LogP contribution in [0.2, 0.25) is 0 Å². The van der Waals surface area contributed by atoms with Gasteiger partial charge in [0, 0.05) is 19.7 Å². The number of ketones is 1. The molecule has 1 aliphatic carbocycles. The van der Waals surface area contributed by atoms with Crippen LogP contribution in [0, 0.1) is 0 Å². The average molecular weight is 275 g/mol. The van der Waals surface area contributed by atoms with Crippen molar-refractivity contribution < 1.29 is 4.79 Å². The second kappa shape index (κ2) is 4.74. The van der Waals surface area contributed by atoms with Crippen molar-refractivity contribution in [2.24, 2.45) is 5.10 Å². The van der Waals surface area contributed by atoms with Gasteiger partial charge in [0.1, 0.15) is 5.71 Å². The molecular formula is C14H17N3OS. The standard InChI is InChI=1S/C14H17N3OS/c1-14(2)10-8-6-5-7-9(10)11(12(14)18)15-16-13(19)17(3)4/h5-8H,1-4H3,(H,16,19). The van der Waals surface area contributed by atoms with Crippen LogP contribution in [0.25, 0.3) is 0 Å². The van der Waals surface area contributed by atoms with E-state index < -0.39 is 5.41 Å². The Bertz CT molecular complexity index is 576. The van der Waals surface area contributed by atoms with E-state index in [1.54, 1.807) is 4.90 Å². The van der Waals surface area contributed by atoms with E-state index in [0.717, 1.165) is 11.1 Å². The van der Waals surface area contributed by atoms with Crippen LogP contribution >= 0.6 is 12.2 Å². The first kappa shape index (κ1) is 13.7. The predicted molar refractivity (Wildman–Crippen MR) is 80.4 cm³/mol. The molecule has 0 amide bonds. The molecule has 5 heteroatoms. The molecule has 1 aromatic rings. The SMILES string of the molecule is CN(C)C(=S)NN=C1C(=O)C(C)(C)c2ccccc21. The molecule has 1 N–H and O–H groups in total. The van der Waals surface area contributed by atoms with Crippen molar-refractivity contribution in [3.8, 4) is 0 Å². The van der Waals surface area contributed by atoms with Crippen molar-refractivity contribution in [2.45, 2.75) is 19.3 Å². The fourth-order valence-electron chi connectivity index (χ4n) is 2.09. The quantitative estimate of drug-likeness (QED) is 0.626. The van der Waals surface area contributed by atoms with Gasteiger partial charge in [-0.05, 0) is 31.6 Å². The number of thiocarbonyl (C=S) groups is 1. The van der Waals surface area contributed by atoms with Crippen molar-refractivity contribution in [3.63, 3.8) is 0 Å². The summed E-state index contributed by atoms with van der Waals surface area (Å²) in [5, 5.41) is 4.67. The van der Waals surface area contributed by atoms with E-state index in [4.69, 9.17) is 12.2 Å². The van der Waals surface area contributed by atoms with Crippen molar-refractivity contribution in [1.29, 1.82) is 0 Å². The summed E-state index contributed by atoms with van der Waals surface area (Å²) in [7, 11) is 3.65. The van der Waals surface area contributed by atoms with Crippen molar-refractivity contribution in [1.82, 2.24) is 10.3 Å². The monoisotopic (exact) mass is 275 g/mol. The van der Waals surface area contributed by atoms with Crippen LogP contribution in [0.1, 0.15) is 25.0 Å². The summed E-state index contributed by atoms with van der Waals surface area (Å²) in [6, 6.07) is 7.74. The summed E-state index contributed by atoms with van der Waals surface area (Å²) >= 11 is 5.10. The highest BCUT2D eigenvalue weighted by Gasteiger charge is 2.42. The maximum atomic E-state index is 12.4. The molecule has 0 radical (unpaired) electrons. The van der Waals surface area contributed by atoms with Gasteiger partial charge in [-0.15, -0.1) is 0 Å². The highest BCUT2D eigenvalue weighted by molar-refractivity contribution is 7.80. The molecule has 0 aliphatic heterocycles. The molecule has 4 nitrogen and oxygen atoms in total. The third-order valence-electron chi connectivity index (χ3n) is 3.31.